The number of carboxylic acid groups (broad SMARTS) is 1. The topological polar surface area (TPSA) is 101 Å². The van der Waals surface area contributed by atoms with Crippen molar-refractivity contribution in [3.05, 3.63) is 29.1 Å². The van der Waals surface area contributed by atoms with E-state index in [4.69, 9.17) is 4.74 Å². The summed E-state index contributed by atoms with van der Waals surface area (Å²) in [5.74, 6) is -1.76. The van der Waals surface area contributed by atoms with Crippen LogP contribution >= 0.6 is 11.3 Å². The highest BCUT2D eigenvalue weighted by Crippen LogP contribution is 2.40. The molecular weight excluding hydrogens is 366 g/mol. The molecule has 1 aliphatic rings. The van der Waals surface area contributed by atoms with E-state index in [-0.39, 0.29) is 29.3 Å². The van der Waals surface area contributed by atoms with E-state index in [1.165, 1.54) is 14.0 Å². The number of nitrogens with zero attached hydrogens (tertiary/aromatic N) is 1. The number of carboxylic acids is 1. The molecule has 1 aliphatic heterocycles. The standard InChI is InChI=1S/C16H17NO6S2/c1-16(15(19)20)7-8-17(9-16)25(21,22)13-10-5-3-4-6-11(10)24-12(13)14(18)23-2/h3-6H,7-9H2,1-2H3,(H,19,20). The fraction of sp³-hybridized carbons (Fsp3) is 0.375. The summed E-state index contributed by atoms with van der Waals surface area (Å²) in [6.07, 6.45) is 0.219. The van der Waals surface area contributed by atoms with E-state index >= 15 is 0 Å². The fourth-order valence-corrected chi connectivity index (χ4v) is 6.27. The first kappa shape index (κ1) is 17.8. The van der Waals surface area contributed by atoms with Crippen molar-refractivity contribution < 1.29 is 27.9 Å². The zero-order valence-corrected chi connectivity index (χ0v) is 15.3. The summed E-state index contributed by atoms with van der Waals surface area (Å²) in [4.78, 5) is 23.4. The molecule has 0 aliphatic carbocycles. The van der Waals surface area contributed by atoms with E-state index in [9.17, 15) is 23.1 Å². The zero-order chi connectivity index (χ0) is 18.4. The molecule has 1 aromatic heterocycles. The Hall–Kier alpha value is -1.97. The van der Waals surface area contributed by atoms with Gasteiger partial charge in [-0.2, -0.15) is 4.31 Å². The van der Waals surface area contributed by atoms with Gasteiger partial charge in [0.15, 0.2) is 0 Å². The quantitative estimate of drug-likeness (QED) is 0.812. The minimum Gasteiger partial charge on any atom is -0.481 e. The Balaban J connectivity index is 2.15. The van der Waals surface area contributed by atoms with E-state index in [1.54, 1.807) is 24.3 Å². The second-order valence-corrected chi connectivity index (χ2v) is 9.13. The molecule has 25 heavy (non-hydrogen) atoms. The third kappa shape index (κ3) is 2.82. The van der Waals surface area contributed by atoms with Gasteiger partial charge >= 0.3 is 11.9 Å². The van der Waals surface area contributed by atoms with Gasteiger partial charge in [-0.05, 0) is 19.4 Å². The van der Waals surface area contributed by atoms with Crippen molar-refractivity contribution in [3.8, 4) is 0 Å². The van der Waals surface area contributed by atoms with Crippen LogP contribution in [0, 0.1) is 5.41 Å². The van der Waals surface area contributed by atoms with E-state index in [0.29, 0.717) is 10.1 Å². The van der Waals surface area contributed by atoms with Gasteiger partial charge in [-0.1, -0.05) is 18.2 Å². The van der Waals surface area contributed by atoms with Crippen LogP contribution in [0.4, 0.5) is 0 Å². The number of aliphatic carboxylic acids is 1. The highest BCUT2D eigenvalue weighted by Gasteiger charge is 2.46. The molecule has 0 radical (unpaired) electrons. The number of carbonyl (C=O) groups excluding carboxylic acids is 1. The Morgan fingerprint density at radius 2 is 2.00 bits per heavy atom. The molecular formula is C16H17NO6S2. The number of carbonyl (C=O) groups is 2. The number of fused-ring (bicyclic) bond motifs is 1. The van der Waals surface area contributed by atoms with Crippen molar-refractivity contribution in [2.24, 2.45) is 5.41 Å². The van der Waals surface area contributed by atoms with Gasteiger partial charge in [0.2, 0.25) is 10.0 Å². The SMILES string of the molecule is COC(=O)c1sc2ccccc2c1S(=O)(=O)N1CCC(C)(C(=O)O)C1. The molecule has 0 bridgehead atoms. The largest absolute Gasteiger partial charge is 0.481 e. The van der Waals surface area contributed by atoms with Gasteiger partial charge < -0.3 is 9.84 Å². The maximum absolute atomic E-state index is 13.2. The predicted octanol–water partition coefficient (Wildman–Crippen LogP) is 2.17. The van der Waals surface area contributed by atoms with E-state index in [2.05, 4.69) is 0 Å². The van der Waals surface area contributed by atoms with E-state index in [1.807, 2.05) is 0 Å². The second kappa shape index (κ2) is 6.08. The van der Waals surface area contributed by atoms with Crippen molar-refractivity contribution in [2.75, 3.05) is 20.2 Å². The number of rotatable bonds is 4. The molecule has 3 rings (SSSR count). The molecule has 1 N–H and O–H groups in total. The molecule has 2 aromatic rings. The van der Waals surface area contributed by atoms with Crippen LogP contribution in [0.2, 0.25) is 0 Å². The van der Waals surface area contributed by atoms with Crippen LogP contribution in [0.5, 0.6) is 0 Å². The molecule has 7 nitrogen and oxygen atoms in total. The average Bonchev–Trinajstić information content (AvgIpc) is 3.16. The Morgan fingerprint density at radius 1 is 1.32 bits per heavy atom. The van der Waals surface area contributed by atoms with E-state index in [0.717, 1.165) is 15.6 Å². The lowest BCUT2D eigenvalue weighted by atomic mass is 9.90. The average molecular weight is 383 g/mol. The summed E-state index contributed by atoms with van der Waals surface area (Å²) >= 11 is 1.05. The number of benzene rings is 1. The van der Waals surface area contributed by atoms with Gasteiger partial charge in [-0.15, -0.1) is 11.3 Å². The van der Waals surface area contributed by atoms with E-state index < -0.39 is 27.4 Å². The van der Waals surface area contributed by atoms with Crippen molar-refractivity contribution in [1.29, 1.82) is 0 Å². The molecule has 0 spiro atoms. The lowest BCUT2D eigenvalue weighted by Crippen LogP contribution is -2.35. The maximum Gasteiger partial charge on any atom is 0.349 e. The number of esters is 1. The first-order valence-electron chi connectivity index (χ1n) is 7.54. The summed E-state index contributed by atoms with van der Waals surface area (Å²) in [6.45, 7) is 1.49. The van der Waals surface area contributed by atoms with Crippen molar-refractivity contribution >= 4 is 43.4 Å². The molecule has 0 amide bonds. The van der Waals surface area contributed by atoms with Crippen LogP contribution in [-0.2, 0) is 19.6 Å². The maximum atomic E-state index is 13.2. The molecule has 1 atom stereocenters. The van der Waals surface area contributed by atoms with Gasteiger partial charge in [0.05, 0.1) is 12.5 Å². The summed E-state index contributed by atoms with van der Waals surface area (Å²) in [5, 5.41) is 9.79. The van der Waals surface area contributed by atoms with Crippen LogP contribution < -0.4 is 0 Å². The monoisotopic (exact) mass is 383 g/mol. The molecule has 9 heteroatoms. The summed E-state index contributed by atoms with van der Waals surface area (Å²) in [7, 11) is -2.84. The van der Waals surface area contributed by atoms with Crippen LogP contribution in [0.15, 0.2) is 29.2 Å². The van der Waals surface area contributed by atoms with Gasteiger partial charge in [-0.3, -0.25) is 4.79 Å². The molecule has 2 heterocycles. The summed E-state index contributed by atoms with van der Waals surface area (Å²) in [5.41, 5.74) is -1.13. The first-order chi connectivity index (χ1) is 11.7. The second-order valence-electron chi connectivity index (χ2n) is 6.20. The number of hydrogen-bond acceptors (Lipinski definition) is 6. The van der Waals surface area contributed by atoms with Crippen LogP contribution in [0.3, 0.4) is 0 Å². The lowest BCUT2D eigenvalue weighted by Gasteiger charge is -2.20. The number of ether oxygens (including phenoxy) is 1. The van der Waals surface area contributed by atoms with Gasteiger partial charge in [-0.25, -0.2) is 13.2 Å². The normalized spacial score (nSPS) is 21.5. The Kier molecular flexibility index (Phi) is 4.34. The van der Waals surface area contributed by atoms with Crippen LogP contribution in [-0.4, -0.2) is 50.0 Å². The Morgan fingerprint density at radius 3 is 2.60 bits per heavy atom. The van der Waals surface area contributed by atoms with Crippen LogP contribution in [0.25, 0.3) is 10.1 Å². The molecule has 1 unspecified atom stereocenters. The Labute approximate surface area is 148 Å². The minimum atomic E-state index is -4.03. The summed E-state index contributed by atoms with van der Waals surface area (Å²) in [6, 6.07) is 6.82. The third-order valence-corrected chi connectivity index (χ3v) is 7.68. The molecule has 1 aromatic carbocycles. The van der Waals surface area contributed by atoms with Gasteiger partial charge in [0.1, 0.15) is 9.77 Å². The summed E-state index contributed by atoms with van der Waals surface area (Å²) < 4.78 is 32.9. The Bertz CT molecular complexity index is 964. The molecule has 1 fully saturated rings. The number of sulfonamides is 1. The zero-order valence-electron chi connectivity index (χ0n) is 13.7. The first-order valence-corrected chi connectivity index (χ1v) is 9.80. The smallest absolute Gasteiger partial charge is 0.349 e. The van der Waals surface area contributed by atoms with Crippen molar-refractivity contribution in [3.63, 3.8) is 0 Å². The van der Waals surface area contributed by atoms with Crippen LogP contribution in [0.1, 0.15) is 23.0 Å². The van der Waals surface area contributed by atoms with Crippen molar-refractivity contribution in [1.82, 2.24) is 4.31 Å². The minimum absolute atomic E-state index is 0.00706. The molecule has 134 valence electrons. The molecule has 0 saturated carbocycles. The number of thiophene rings is 1. The fourth-order valence-electron chi connectivity index (χ4n) is 2.93. The number of hydrogen-bond donors (Lipinski definition) is 1. The lowest BCUT2D eigenvalue weighted by molar-refractivity contribution is -0.146. The molecule has 1 saturated heterocycles. The van der Waals surface area contributed by atoms with Crippen molar-refractivity contribution in [2.45, 2.75) is 18.2 Å². The third-order valence-electron chi connectivity index (χ3n) is 4.47. The predicted molar refractivity (Wildman–Crippen MR) is 92.3 cm³/mol. The highest BCUT2D eigenvalue weighted by molar-refractivity contribution is 7.89. The van der Waals surface area contributed by atoms with Gasteiger partial charge in [0, 0.05) is 23.2 Å². The van der Waals surface area contributed by atoms with Gasteiger partial charge in [0.25, 0.3) is 0 Å². The number of methoxy groups -OCH3 is 1. The highest BCUT2D eigenvalue weighted by atomic mass is 32.2.